The largest absolute Gasteiger partial charge is 0.358 e. The van der Waals surface area contributed by atoms with E-state index in [1.165, 1.54) is 0 Å². The predicted molar refractivity (Wildman–Crippen MR) is 91.4 cm³/mol. The maximum atomic E-state index is 11.9. The molecular weight excluding hydrogens is 312 g/mol. The molecule has 0 radical (unpaired) electrons. The van der Waals surface area contributed by atoms with Crippen molar-refractivity contribution < 1.29 is 4.79 Å². The Morgan fingerprint density at radius 2 is 2.04 bits per heavy atom. The molecule has 0 atom stereocenters. The number of urea groups is 1. The van der Waals surface area contributed by atoms with Gasteiger partial charge in [-0.3, -0.25) is 4.98 Å². The first kappa shape index (κ1) is 15.4. The lowest BCUT2D eigenvalue weighted by Crippen LogP contribution is -2.34. The number of benzene rings is 1. The Bertz CT molecular complexity index is 843. The average Bonchev–Trinajstić information content (AvgIpc) is 2.93. The molecule has 0 aliphatic rings. The third-order valence-electron chi connectivity index (χ3n) is 3.57. The number of nitrogens with one attached hydrogen (secondary N) is 3. The van der Waals surface area contributed by atoms with Crippen molar-refractivity contribution in [2.75, 3.05) is 0 Å². The third-order valence-corrected chi connectivity index (χ3v) is 3.91. The van der Waals surface area contributed by atoms with E-state index in [2.05, 4.69) is 26.7 Å². The van der Waals surface area contributed by atoms with Crippen molar-refractivity contribution in [2.45, 2.75) is 20.0 Å². The molecule has 0 saturated heterocycles. The lowest BCUT2D eigenvalue weighted by Gasteiger charge is -2.09. The fraction of sp³-hybridized carbons (Fsp3) is 0.176. The summed E-state index contributed by atoms with van der Waals surface area (Å²) in [5, 5.41) is 7.29. The molecule has 6 heteroatoms. The summed E-state index contributed by atoms with van der Waals surface area (Å²) < 4.78 is 0. The van der Waals surface area contributed by atoms with Crippen molar-refractivity contribution >= 4 is 28.5 Å². The van der Waals surface area contributed by atoms with Crippen molar-refractivity contribution in [1.82, 2.24) is 20.6 Å². The molecule has 3 rings (SSSR count). The first-order valence-electron chi connectivity index (χ1n) is 7.32. The van der Waals surface area contributed by atoms with Crippen LogP contribution in [0.25, 0.3) is 10.9 Å². The third kappa shape index (κ3) is 3.63. The fourth-order valence-corrected chi connectivity index (χ4v) is 2.65. The van der Waals surface area contributed by atoms with Gasteiger partial charge in [0.1, 0.15) is 0 Å². The predicted octanol–water partition coefficient (Wildman–Crippen LogP) is 3.52. The van der Waals surface area contributed by atoms with Gasteiger partial charge in [0.2, 0.25) is 0 Å². The van der Waals surface area contributed by atoms with Crippen LogP contribution in [0.1, 0.15) is 17.0 Å². The van der Waals surface area contributed by atoms with Crippen molar-refractivity contribution in [2.24, 2.45) is 0 Å². The number of amides is 2. The van der Waals surface area contributed by atoms with Gasteiger partial charge in [-0.25, -0.2) is 4.79 Å². The lowest BCUT2D eigenvalue weighted by atomic mass is 10.1. The zero-order valence-electron chi connectivity index (χ0n) is 12.7. The number of aromatic nitrogens is 2. The van der Waals surface area contributed by atoms with Gasteiger partial charge in [0, 0.05) is 18.4 Å². The normalized spacial score (nSPS) is 10.7. The quantitative estimate of drug-likeness (QED) is 0.685. The molecule has 1 aromatic carbocycles. The number of hydrogen-bond donors (Lipinski definition) is 3. The van der Waals surface area contributed by atoms with E-state index < -0.39 is 0 Å². The minimum Gasteiger partial charge on any atom is -0.358 e. The highest BCUT2D eigenvalue weighted by molar-refractivity contribution is 6.31. The molecule has 0 fully saturated rings. The molecule has 118 valence electrons. The molecular formula is C17H17ClN4O. The second-order valence-corrected chi connectivity index (χ2v) is 5.71. The Labute approximate surface area is 139 Å². The summed E-state index contributed by atoms with van der Waals surface area (Å²) in [6.45, 7) is 2.75. The number of rotatable bonds is 4. The number of aryl methyl sites for hydroxylation is 1. The molecule has 0 saturated carbocycles. The highest BCUT2D eigenvalue weighted by atomic mass is 35.5. The van der Waals surface area contributed by atoms with Crippen molar-refractivity contribution in [1.29, 1.82) is 0 Å². The zero-order chi connectivity index (χ0) is 16.2. The zero-order valence-corrected chi connectivity index (χ0v) is 13.4. The highest BCUT2D eigenvalue weighted by Gasteiger charge is 2.07. The van der Waals surface area contributed by atoms with E-state index in [0.29, 0.717) is 17.3 Å². The number of carbonyl (C=O) groups is 1. The molecule has 0 spiro atoms. The molecule has 2 heterocycles. The van der Waals surface area contributed by atoms with Crippen LogP contribution in [0, 0.1) is 6.92 Å². The van der Waals surface area contributed by atoms with E-state index in [1.807, 2.05) is 25.1 Å². The minimum atomic E-state index is -0.257. The second-order valence-electron chi connectivity index (χ2n) is 5.30. The SMILES string of the molecule is Cc1cc2cccc(CNC(=O)NCc3ncccc3Cl)c2[nH]1. The number of para-hydroxylation sites is 1. The monoisotopic (exact) mass is 328 g/mol. The first-order valence-corrected chi connectivity index (χ1v) is 7.69. The Kier molecular flexibility index (Phi) is 4.48. The van der Waals surface area contributed by atoms with Crippen LogP contribution in [0.2, 0.25) is 5.02 Å². The Morgan fingerprint density at radius 3 is 2.87 bits per heavy atom. The fourth-order valence-electron chi connectivity index (χ4n) is 2.46. The molecule has 0 aliphatic carbocycles. The number of H-pyrrole nitrogens is 1. The van der Waals surface area contributed by atoms with Gasteiger partial charge in [-0.15, -0.1) is 0 Å². The van der Waals surface area contributed by atoms with Crippen LogP contribution in [0.15, 0.2) is 42.6 Å². The van der Waals surface area contributed by atoms with Crippen molar-refractivity contribution in [3.05, 3.63) is 64.6 Å². The van der Waals surface area contributed by atoms with Crippen molar-refractivity contribution in [3.63, 3.8) is 0 Å². The van der Waals surface area contributed by atoms with Gasteiger partial charge in [-0.05, 0) is 36.1 Å². The van der Waals surface area contributed by atoms with Crippen LogP contribution in [0.5, 0.6) is 0 Å². The maximum absolute atomic E-state index is 11.9. The topological polar surface area (TPSA) is 69.8 Å². The summed E-state index contributed by atoms with van der Waals surface area (Å²) in [4.78, 5) is 19.4. The van der Waals surface area contributed by atoms with E-state index in [1.54, 1.807) is 18.3 Å². The Balaban J connectivity index is 1.59. The van der Waals surface area contributed by atoms with E-state index >= 15 is 0 Å². The number of carbonyl (C=O) groups excluding carboxylic acids is 1. The number of aromatic amines is 1. The Morgan fingerprint density at radius 1 is 1.22 bits per heavy atom. The number of halogens is 1. The first-order chi connectivity index (χ1) is 11.1. The highest BCUT2D eigenvalue weighted by Crippen LogP contribution is 2.19. The number of nitrogens with zero attached hydrogens (tertiary/aromatic N) is 1. The number of hydrogen-bond acceptors (Lipinski definition) is 2. The van der Waals surface area contributed by atoms with Gasteiger partial charge >= 0.3 is 6.03 Å². The van der Waals surface area contributed by atoms with Gasteiger partial charge in [0.25, 0.3) is 0 Å². The van der Waals surface area contributed by atoms with Gasteiger partial charge in [0.05, 0.1) is 22.8 Å². The molecule has 5 nitrogen and oxygen atoms in total. The molecule has 0 unspecified atom stereocenters. The van der Waals surface area contributed by atoms with Crippen LogP contribution < -0.4 is 10.6 Å². The van der Waals surface area contributed by atoms with Crippen molar-refractivity contribution in [3.8, 4) is 0 Å². The summed E-state index contributed by atoms with van der Waals surface area (Å²) in [5.41, 5.74) is 3.84. The van der Waals surface area contributed by atoms with Gasteiger partial charge < -0.3 is 15.6 Å². The summed E-state index contributed by atoms with van der Waals surface area (Å²) in [7, 11) is 0. The standard InChI is InChI=1S/C17H17ClN4O/c1-11-8-12-4-2-5-13(16(12)22-11)9-20-17(23)21-10-15-14(18)6-3-7-19-15/h2-8,22H,9-10H2,1H3,(H2,20,21,23). The van der Waals surface area contributed by atoms with Gasteiger partial charge in [-0.1, -0.05) is 29.8 Å². The summed E-state index contributed by atoms with van der Waals surface area (Å²) in [6.07, 6.45) is 1.65. The summed E-state index contributed by atoms with van der Waals surface area (Å²) >= 11 is 6.01. The average molecular weight is 329 g/mol. The Hall–Kier alpha value is -2.53. The molecule has 0 bridgehead atoms. The second kappa shape index (κ2) is 6.71. The van der Waals surface area contributed by atoms with Crippen LogP contribution >= 0.6 is 11.6 Å². The van der Waals surface area contributed by atoms with E-state index in [4.69, 9.17) is 11.6 Å². The number of fused-ring (bicyclic) bond motifs is 1. The molecule has 2 aromatic heterocycles. The summed E-state index contributed by atoms with van der Waals surface area (Å²) in [6, 6.07) is 11.4. The van der Waals surface area contributed by atoms with Gasteiger partial charge in [0.15, 0.2) is 0 Å². The minimum absolute atomic E-state index is 0.257. The van der Waals surface area contributed by atoms with E-state index in [9.17, 15) is 4.79 Å². The van der Waals surface area contributed by atoms with E-state index in [-0.39, 0.29) is 12.6 Å². The van der Waals surface area contributed by atoms with Crippen LogP contribution in [0.3, 0.4) is 0 Å². The smallest absolute Gasteiger partial charge is 0.315 e. The molecule has 3 N–H and O–H groups in total. The summed E-state index contributed by atoms with van der Waals surface area (Å²) in [5.74, 6) is 0. The van der Waals surface area contributed by atoms with Crippen LogP contribution in [-0.4, -0.2) is 16.0 Å². The number of pyridine rings is 1. The van der Waals surface area contributed by atoms with Gasteiger partial charge in [-0.2, -0.15) is 0 Å². The molecule has 3 aromatic rings. The van der Waals surface area contributed by atoms with Crippen LogP contribution in [-0.2, 0) is 13.1 Å². The molecule has 2 amide bonds. The molecule has 0 aliphatic heterocycles. The molecule has 23 heavy (non-hydrogen) atoms. The lowest BCUT2D eigenvalue weighted by molar-refractivity contribution is 0.240. The van der Waals surface area contributed by atoms with E-state index in [0.717, 1.165) is 22.2 Å². The van der Waals surface area contributed by atoms with Crippen LogP contribution in [0.4, 0.5) is 4.79 Å². The maximum Gasteiger partial charge on any atom is 0.315 e.